The second-order valence-corrected chi connectivity index (χ2v) is 7.70. The number of nitrogens with zero attached hydrogens (tertiary/aromatic N) is 2. The number of benzene rings is 2. The van der Waals surface area contributed by atoms with Gasteiger partial charge in [-0.25, -0.2) is 0 Å². The molecule has 2 heterocycles. The normalized spacial score (nSPS) is 14.7. The van der Waals surface area contributed by atoms with Gasteiger partial charge in [-0.2, -0.15) is 0 Å². The second kappa shape index (κ2) is 4.89. The fourth-order valence-corrected chi connectivity index (χ4v) is 5.14. The molecule has 1 spiro atoms. The van der Waals surface area contributed by atoms with Crippen LogP contribution in [0.15, 0.2) is 83.6 Å². The van der Waals surface area contributed by atoms with Crippen LogP contribution >= 0.6 is 15.9 Å². The fourth-order valence-electron chi connectivity index (χ4n) is 4.78. The smallest absolute Gasteiger partial charge is 0.0937 e. The molecule has 0 fully saturated rings. The molecule has 0 saturated carbocycles. The summed E-state index contributed by atoms with van der Waals surface area (Å²) in [5.41, 5.74) is 9.29. The quantitative estimate of drug-likeness (QED) is 0.334. The molecule has 0 aliphatic heterocycles. The predicted molar refractivity (Wildman–Crippen MR) is 106 cm³/mol. The number of halogens is 1. The molecule has 4 aromatic rings. The van der Waals surface area contributed by atoms with E-state index in [1.165, 1.54) is 33.4 Å². The van der Waals surface area contributed by atoms with Crippen LogP contribution < -0.4 is 0 Å². The van der Waals surface area contributed by atoms with Gasteiger partial charge in [0.15, 0.2) is 0 Å². The van der Waals surface area contributed by atoms with Gasteiger partial charge in [0.05, 0.1) is 16.8 Å². The number of pyridine rings is 2. The van der Waals surface area contributed by atoms with Crippen LogP contribution in [-0.4, -0.2) is 9.97 Å². The van der Waals surface area contributed by atoms with E-state index in [1.54, 1.807) is 0 Å². The average molecular weight is 397 g/mol. The molecule has 0 amide bonds. The minimum Gasteiger partial charge on any atom is -0.254 e. The van der Waals surface area contributed by atoms with E-state index in [9.17, 15) is 0 Å². The largest absolute Gasteiger partial charge is 0.254 e. The number of fused-ring (bicyclic) bond motifs is 10. The van der Waals surface area contributed by atoms with Crippen molar-refractivity contribution < 1.29 is 0 Å². The lowest BCUT2D eigenvalue weighted by Crippen LogP contribution is -2.25. The summed E-state index contributed by atoms with van der Waals surface area (Å²) in [5.74, 6) is 0. The van der Waals surface area contributed by atoms with E-state index in [-0.39, 0.29) is 5.41 Å². The Balaban J connectivity index is 1.87. The minimum absolute atomic E-state index is 0.334. The molecule has 2 aliphatic rings. The van der Waals surface area contributed by atoms with Crippen molar-refractivity contribution in [1.82, 2.24) is 9.97 Å². The number of aromatic nitrogens is 2. The van der Waals surface area contributed by atoms with Gasteiger partial charge in [-0.3, -0.25) is 9.97 Å². The van der Waals surface area contributed by atoms with E-state index in [0.717, 1.165) is 15.9 Å². The maximum absolute atomic E-state index is 4.71. The summed E-state index contributed by atoms with van der Waals surface area (Å²) in [6.07, 6.45) is 3.72. The van der Waals surface area contributed by atoms with Crippen LogP contribution in [0.3, 0.4) is 0 Å². The molecule has 0 bridgehead atoms. The number of hydrogen-bond acceptors (Lipinski definition) is 2. The van der Waals surface area contributed by atoms with Gasteiger partial charge in [0, 0.05) is 16.9 Å². The molecule has 0 atom stereocenters. The first-order chi connectivity index (χ1) is 12.8. The molecule has 3 heteroatoms. The van der Waals surface area contributed by atoms with E-state index in [4.69, 9.17) is 9.97 Å². The Kier molecular flexibility index (Phi) is 2.71. The lowest BCUT2D eigenvalue weighted by atomic mass is 9.71. The highest BCUT2D eigenvalue weighted by molar-refractivity contribution is 9.10. The van der Waals surface area contributed by atoms with E-state index in [1.807, 2.05) is 24.5 Å². The molecule has 2 aromatic carbocycles. The Labute approximate surface area is 159 Å². The van der Waals surface area contributed by atoms with Crippen molar-refractivity contribution in [2.45, 2.75) is 5.41 Å². The first-order valence-electron chi connectivity index (χ1n) is 8.63. The minimum atomic E-state index is -0.334. The third-order valence-corrected chi connectivity index (χ3v) is 6.15. The van der Waals surface area contributed by atoms with Gasteiger partial charge in [-0.1, -0.05) is 58.4 Å². The average Bonchev–Trinajstić information content (AvgIpc) is 3.15. The number of hydrogen-bond donors (Lipinski definition) is 0. The van der Waals surface area contributed by atoms with Crippen LogP contribution in [0.25, 0.3) is 22.5 Å². The molecule has 0 N–H and O–H groups in total. The highest BCUT2D eigenvalue weighted by Crippen LogP contribution is 2.61. The van der Waals surface area contributed by atoms with Crippen molar-refractivity contribution in [3.8, 4) is 22.5 Å². The predicted octanol–water partition coefficient (Wildman–Crippen LogP) is 5.58. The molecule has 0 unspecified atom stereocenters. The van der Waals surface area contributed by atoms with Crippen LogP contribution in [0.5, 0.6) is 0 Å². The molecular weight excluding hydrogens is 384 g/mol. The highest BCUT2D eigenvalue weighted by Gasteiger charge is 2.52. The molecule has 2 aromatic heterocycles. The van der Waals surface area contributed by atoms with E-state index >= 15 is 0 Å². The van der Waals surface area contributed by atoms with Crippen molar-refractivity contribution in [3.05, 3.63) is 106 Å². The van der Waals surface area contributed by atoms with Gasteiger partial charge >= 0.3 is 0 Å². The Hall–Kier alpha value is -2.78. The Morgan fingerprint density at radius 1 is 0.615 bits per heavy atom. The Morgan fingerprint density at radius 2 is 1.23 bits per heavy atom. The third-order valence-electron chi connectivity index (χ3n) is 5.65. The van der Waals surface area contributed by atoms with E-state index < -0.39 is 0 Å². The summed E-state index contributed by atoms with van der Waals surface area (Å²) in [6.45, 7) is 0. The lowest BCUT2D eigenvalue weighted by Gasteiger charge is -2.29. The zero-order valence-electron chi connectivity index (χ0n) is 13.8. The molecule has 26 heavy (non-hydrogen) atoms. The first kappa shape index (κ1) is 14.4. The third kappa shape index (κ3) is 1.53. The second-order valence-electron chi connectivity index (χ2n) is 6.78. The van der Waals surface area contributed by atoms with Crippen LogP contribution in [0.2, 0.25) is 0 Å². The van der Waals surface area contributed by atoms with Crippen molar-refractivity contribution in [2.24, 2.45) is 0 Å². The molecule has 6 rings (SSSR count). The van der Waals surface area contributed by atoms with Gasteiger partial charge in [0.25, 0.3) is 0 Å². The summed E-state index contributed by atoms with van der Waals surface area (Å²) < 4.78 is 1.10. The summed E-state index contributed by atoms with van der Waals surface area (Å²) in [7, 11) is 0. The molecular formula is C23H13BrN2. The SMILES string of the molecule is Brc1ccc2c(c1)-c1ccccc1C21c2cccnc2-c2ncccc21. The summed E-state index contributed by atoms with van der Waals surface area (Å²) in [4.78, 5) is 9.42. The monoisotopic (exact) mass is 396 g/mol. The van der Waals surface area contributed by atoms with Crippen molar-refractivity contribution in [2.75, 3.05) is 0 Å². The molecule has 0 saturated heterocycles. The molecule has 2 nitrogen and oxygen atoms in total. The standard InChI is InChI=1S/C23H13BrN2/c24-14-9-10-18-16(13-14)15-5-1-2-6-17(15)23(18)19-7-3-11-25-21(19)22-20(23)8-4-12-26-22/h1-13H. The van der Waals surface area contributed by atoms with Gasteiger partial charge in [-0.15, -0.1) is 0 Å². The summed E-state index contributed by atoms with van der Waals surface area (Å²) in [5, 5.41) is 0. The van der Waals surface area contributed by atoms with Gasteiger partial charge in [0.2, 0.25) is 0 Å². The van der Waals surface area contributed by atoms with Crippen molar-refractivity contribution in [3.63, 3.8) is 0 Å². The van der Waals surface area contributed by atoms with E-state index in [0.29, 0.717) is 0 Å². The van der Waals surface area contributed by atoms with E-state index in [2.05, 4.69) is 70.5 Å². The summed E-state index contributed by atoms with van der Waals surface area (Å²) >= 11 is 3.65. The topological polar surface area (TPSA) is 25.8 Å². The fraction of sp³-hybridized carbons (Fsp3) is 0.0435. The Morgan fingerprint density at radius 3 is 1.96 bits per heavy atom. The van der Waals surface area contributed by atoms with Crippen molar-refractivity contribution >= 4 is 15.9 Å². The van der Waals surface area contributed by atoms with Crippen LogP contribution in [0, 0.1) is 0 Å². The van der Waals surface area contributed by atoms with Crippen LogP contribution in [-0.2, 0) is 5.41 Å². The zero-order valence-corrected chi connectivity index (χ0v) is 15.4. The van der Waals surface area contributed by atoms with Gasteiger partial charge < -0.3 is 0 Å². The maximum atomic E-state index is 4.71. The molecule has 122 valence electrons. The Bertz CT molecular complexity index is 1170. The maximum Gasteiger partial charge on any atom is 0.0937 e. The first-order valence-corrected chi connectivity index (χ1v) is 9.42. The zero-order chi connectivity index (χ0) is 17.3. The summed E-state index contributed by atoms with van der Waals surface area (Å²) in [6, 6.07) is 23.8. The molecule has 2 aliphatic carbocycles. The number of rotatable bonds is 0. The highest BCUT2D eigenvalue weighted by atomic mass is 79.9. The van der Waals surface area contributed by atoms with Crippen LogP contribution in [0.4, 0.5) is 0 Å². The van der Waals surface area contributed by atoms with Gasteiger partial charge in [-0.05, 0) is 57.6 Å². The lowest BCUT2D eigenvalue weighted by molar-refractivity contribution is 0.789. The van der Waals surface area contributed by atoms with Crippen LogP contribution in [0.1, 0.15) is 22.3 Å². The van der Waals surface area contributed by atoms with Crippen molar-refractivity contribution in [1.29, 1.82) is 0 Å². The molecule has 0 radical (unpaired) electrons. The van der Waals surface area contributed by atoms with Gasteiger partial charge in [0.1, 0.15) is 0 Å².